The third-order valence-electron chi connectivity index (χ3n) is 3.60. The van der Waals surface area contributed by atoms with Crippen molar-refractivity contribution in [3.63, 3.8) is 0 Å². The first-order valence-electron chi connectivity index (χ1n) is 6.71. The first-order valence-corrected chi connectivity index (χ1v) is 7.53. The van der Waals surface area contributed by atoms with Crippen LogP contribution in [0.25, 0.3) is 0 Å². The van der Waals surface area contributed by atoms with Gasteiger partial charge in [-0.15, -0.1) is 11.3 Å². The molecule has 1 aromatic heterocycles. The number of rotatable bonds is 6. The number of ether oxygens (including phenoxy) is 1. The summed E-state index contributed by atoms with van der Waals surface area (Å²) in [5.74, 6) is 0.129. The number of hydrogen-bond acceptors (Lipinski definition) is 4. The Morgan fingerprint density at radius 3 is 3.05 bits per heavy atom. The van der Waals surface area contributed by atoms with Gasteiger partial charge in [0.1, 0.15) is 4.88 Å². The van der Waals surface area contributed by atoms with Crippen molar-refractivity contribution in [3.8, 4) is 0 Å². The largest absolute Gasteiger partial charge is 0.465 e. The molecule has 1 aromatic rings. The van der Waals surface area contributed by atoms with Crippen molar-refractivity contribution in [2.45, 2.75) is 32.1 Å². The molecular formula is C15H20O3S. The minimum Gasteiger partial charge on any atom is -0.465 e. The highest BCUT2D eigenvalue weighted by atomic mass is 32.1. The number of hydrogen-bond donors (Lipinski definition) is 1. The molecule has 1 atom stereocenters. The van der Waals surface area contributed by atoms with Gasteiger partial charge in [0, 0.05) is 17.4 Å². The van der Waals surface area contributed by atoms with Crippen molar-refractivity contribution in [1.29, 1.82) is 0 Å². The van der Waals surface area contributed by atoms with E-state index in [1.54, 1.807) is 0 Å². The SMILES string of the molecule is COC(=O)c1ccc(CCCC2=CCCC2CO)s1. The number of esters is 1. The molecule has 1 aliphatic rings. The first kappa shape index (κ1) is 14.3. The van der Waals surface area contributed by atoms with Crippen molar-refractivity contribution in [1.82, 2.24) is 0 Å². The normalized spacial score (nSPS) is 18.4. The number of aryl methyl sites for hydroxylation is 1. The van der Waals surface area contributed by atoms with Crippen LogP contribution in [0, 0.1) is 5.92 Å². The van der Waals surface area contributed by atoms with Gasteiger partial charge in [0.25, 0.3) is 0 Å². The molecule has 0 saturated carbocycles. The second-order valence-corrected chi connectivity index (χ2v) is 6.02. The third-order valence-corrected chi connectivity index (χ3v) is 4.73. The molecule has 1 aliphatic carbocycles. The van der Waals surface area contributed by atoms with Crippen LogP contribution in [0.15, 0.2) is 23.8 Å². The lowest BCUT2D eigenvalue weighted by Gasteiger charge is -2.11. The van der Waals surface area contributed by atoms with E-state index in [1.165, 1.54) is 28.9 Å². The van der Waals surface area contributed by atoms with Crippen LogP contribution in [0.4, 0.5) is 0 Å². The zero-order valence-corrected chi connectivity index (χ0v) is 12.0. The maximum Gasteiger partial charge on any atom is 0.348 e. The van der Waals surface area contributed by atoms with E-state index < -0.39 is 0 Å². The molecule has 1 N–H and O–H groups in total. The van der Waals surface area contributed by atoms with Gasteiger partial charge in [-0.2, -0.15) is 0 Å². The lowest BCUT2D eigenvalue weighted by Crippen LogP contribution is -2.04. The van der Waals surface area contributed by atoms with Gasteiger partial charge >= 0.3 is 5.97 Å². The number of methoxy groups -OCH3 is 1. The van der Waals surface area contributed by atoms with Gasteiger partial charge in [0.15, 0.2) is 0 Å². The summed E-state index contributed by atoms with van der Waals surface area (Å²) >= 11 is 1.51. The molecule has 2 rings (SSSR count). The van der Waals surface area contributed by atoms with Crippen LogP contribution in [0.5, 0.6) is 0 Å². The zero-order chi connectivity index (χ0) is 13.7. The van der Waals surface area contributed by atoms with E-state index in [4.69, 9.17) is 4.74 Å². The van der Waals surface area contributed by atoms with Crippen LogP contribution in [0.3, 0.4) is 0 Å². The van der Waals surface area contributed by atoms with Gasteiger partial charge in [-0.1, -0.05) is 11.6 Å². The Balaban J connectivity index is 1.80. The summed E-state index contributed by atoms with van der Waals surface area (Å²) in [6, 6.07) is 3.83. The van der Waals surface area contributed by atoms with Crippen molar-refractivity contribution in [3.05, 3.63) is 33.5 Å². The average molecular weight is 280 g/mol. The smallest absolute Gasteiger partial charge is 0.348 e. The molecule has 3 nitrogen and oxygen atoms in total. The monoisotopic (exact) mass is 280 g/mol. The summed E-state index contributed by atoms with van der Waals surface area (Å²) in [7, 11) is 1.41. The maximum atomic E-state index is 11.3. The van der Waals surface area contributed by atoms with Crippen LogP contribution in [-0.4, -0.2) is 24.8 Å². The number of carbonyl (C=O) groups is 1. The highest BCUT2D eigenvalue weighted by Gasteiger charge is 2.17. The van der Waals surface area contributed by atoms with Crippen LogP contribution >= 0.6 is 11.3 Å². The number of allylic oxidation sites excluding steroid dienone is 1. The van der Waals surface area contributed by atoms with E-state index in [9.17, 15) is 9.90 Å². The summed E-state index contributed by atoms with van der Waals surface area (Å²) < 4.78 is 4.70. The van der Waals surface area contributed by atoms with Crippen LogP contribution in [0.1, 0.15) is 40.2 Å². The summed E-state index contributed by atoms with van der Waals surface area (Å²) in [6.45, 7) is 0.275. The zero-order valence-electron chi connectivity index (χ0n) is 11.2. The Bertz CT molecular complexity index is 462. The quantitative estimate of drug-likeness (QED) is 0.643. The standard InChI is InChI=1S/C15H20O3S/c1-18-15(17)14-9-8-13(19-14)7-3-5-11-4-2-6-12(11)10-16/h4,8-9,12,16H,2-3,5-7,10H2,1H3. The Kier molecular flexibility index (Phi) is 5.16. The van der Waals surface area contributed by atoms with Gasteiger partial charge in [0.05, 0.1) is 7.11 Å². The van der Waals surface area contributed by atoms with Gasteiger partial charge in [-0.3, -0.25) is 0 Å². The fraction of sp³-hybridized carbons (Fsp3) is 0.533. The molecule has 0 saturated heterocycles. The molecule has 0 radical (unpaired) electrons. The summed E-state index contributed by atoms with van der Waals surface area (Å²) in [6.07, 6.45) is 7.58. The number of carbonyl (C=O) groups excluding carboxylic acids is 1. The van der Waals surface area contributed by atoms with E-state index in [0.717, 1.165) is 32.1 Å². The topological polar surface area (TPSA) is 46.5 Å². The van der Waals surface area contributed by atoms with Crippen molar-refractivity contribution < 1.29 is 14.6 Å². The molecule has 0 bridgehead atoms. The molecule has 1 heterocycles. The predicted octanol–water partition coefficient (Wildman–Crippen LogP) is 3.19. The van der Waals surface area contributed by atoms with Gasteiger partial charge in [0.2, 0.25) is 0 Å². The fourth-order valence-corrected chi connectivity index (χ4v) is 3.49. The number of thiophene rings is 1. The van der Waals surface area contributed by atoms with E-state index in [1.807, 2.05) is 12.1 Å². The fourth-order valence-electron chi connectivity index (χ4n) is 2.53. The Labute approximate surface area is 117 Å². The lowest BCUT2D eigenvalue weighted by molar-refractivity contribution is 0.0606. The molecule has 1 unspecified atom stereocenters. The molecular weight excluding hydrogens is 260 g/mol. The second kappa shape index (κ2) is 6.87. The molecule has 0 fully saturated rings. The highest BCUT2D eigenvalue weighted by molar-refractivity contribution is 7.13. The maximum absolute atomic E-state index is 11.3. The molecule has 0 aromatic carbocycles. The second-order valence-electron chi connectivity index (χ2n) is 4.85. The molecule has 104 valence electrons. The van der Waals surface area contributed by atoms with Crippen molar-refractivity contribution in [2.75, 3.05) is 13.7 Å². The van der Waals surface area contributed by atoms with Gasteiger partial charge in [-0.25, -0.2) is 4.79 Å². The number of aliphatic hydroxyl groups is 1. The van der Waals surface area contributed by atoms with E-state index in [-0.39, 0.29) is 12.6 Å². The van der Waals surface area contributed by atoms with E-state index in [2.05, 4.69) is 6.08 Å². The van der Waals surface area contributed by atoms with Crippen LogP contribution < -0.4 is 0 Å². The Morgan fingerprint density at radius 1 is 1.47 bits per heavy atom. The van der Waals surface area contributed by atoms with Crippen molar-refractivity contribution >= 4 is 17.3 Å². The van der Waals surface area contributed by atoms with E-state index >= 15 is 0 Å². The summed E-state index contributed by atoms with van der Waals surface area (Å²) in [5, 5.41) is 9.25. The molecule has 4 heteroatoms. The Hall–Kier alpha value is -1.13. The summed E-state index contributed by atoms with van der Waals surface area (Å²) in [4.78, 5) is 13.2. The highest BCUT2D eigenvalue weighted by Crippen LogP contribution is 2.29. The van der Waals surface area contributed by atoms with Crippen LogP contribution in [-0.2, 0) is 11.2 Å². The van der Waals surface area contributed by atoms with Crippen molar-refractivity contribution in [2.24, 2.45) is 5.92 Å². The van der Waals surface area contributed by atoms with Gasteiger partial charge < -0.3 is 9.84 Å². The molecule has 19 heavy (non-hydrogen) atoms. The minimum absolute atomic E-state index is 0.255. The predicted molar refractivity (Wildman–Crippen MR) is 76.5 cm³/mol. The van der Waals surface area contributed by atoms with E-state index in [0.29, 0.717) is 10.8 Å². The molecule has 0 amide bonds. The Morgan fingerprint density at radius 2 is 2.32 bits per heavy atom. The molecule has 0 spiro atoms. The lowest BCUT2D eigenvalue weighted by atomic mass is 9.98. The van der Waals surface area contributed by atoms with Gasteiger partial charge in [-0.05, 0) is 44.2 Å². The third kappa shape index (κ3) is 3.67. The summed E-state index contributed by atoms with van der Waals surface area (Å²) in [5.41, 5.74) is 1.41. The average Bonchev–Trinajstić information content (AvgIpc) is 3.06. The first-order chi connectivity index (χ1) is 9.24. The number of aliphatic hydroxyl groups excluding tert-OH is 1. The minimum atomic E-state index is -0.255. The van der Waals surface area contributed by atoms with Crippen LogP contribution in [0.2, 0.25) is 0 Å². The molecule has 0 aliphatic heterocycles.